The summed E-state index contributed by atoms with van der Waals surface area (Å²) in [5, 5.41) is 2.82. The molecule has 1 atom stereocenters. The molecule has 0 fully saturated rings. The van der Waals surface area contributed by atoms with Crippen LogP contribution in [0.3, 0.4) is 0 Å². The van der Waals surface area contributed by atoms with E-state index in [1.54, 1.807) is 56.5 Å². The first-order valence-corrected chi connectivity index (χ1v) is 13.4. The fraction of sp³-hybridized carbons (Fsp3) is 0.417. The highest BCUT2D eigenvalue weighted by Gasteiger charge is 2.30. The second-order valence-corrected chi connectivity index (χ2v) is 11.2. The Bertz CT molecular complexity index is 1120. The van der Waals surface area contributed by atoms with E-state index in [2.05, 4.69) is 21.2 Å². The van der Waals surface area contributed by atoms with E-state index < -0.39 is 28.5 Å². The molecule has 0 aliphatic rings. The molecule has 34 heavy (non-hydrogen) atoms. The third-order valence-electron chi connectivity index (χ3n) is 5.22. The van der Waals surface area contributed by atoms with Gasteiger partial charge in [0, 0.05) is 17.1 Å². The molecule has 10 heteroatoms. The number of nitrogens with one attached hydrogen (secondary N) is 1. The quantitative estimate of drug-likeness (QED) is 0.486. The van der Waals surface area contributed by atoms with Crippen LogP contribution in [0.15, 0.2) is 46.9 Å². The van der Waals surface area contributed by atoms with Crippen LogP contribution in [0.2, 0.25) is 0 Å². The van der Waals surface area contributed by atoms with E-state index in [9.17, 15) is 18.0 Å². The molecule has 2 rings (SSSR count). The van der Waals surface area contributed by atoms with Gasteiger partial charge in [-0.1, -0.05) is 28.1 Å². The van der Waals surface area contributed by atoms with E-state index >= 15 is 0 Å². The maximum Gasteiger partial charge on any atom is 0.244 e. The Kier molecular flexibility index (Phi) is 9.52. The molecule has 2 aromatic rings. The Morgan fingerprint density at radius 2 is 1.71 bits per heavy atom. The minimum absolute atomic E-state index is 0.105. The molecule has 0 saturated carbocycles. The Balaban J connectivity index is 2.40. The van der Waals surface area contributed by atoms with E-state index in [1.165, 1.54) is 4.90 Å². The second kappa shape index (κ2) is 11.7. The molecule has 0 heterocycles. The summed E-state index contributed by atoms with van der Waals surface area (Å²) in [4.78, 5) is 27.6. The van der Waals surface area contributed by atoms with E-state index in [0.717, 1.165) is 26.2 Å². The molecule has 0 aliphatic heterocycles. The van der Waals surface area contributed by atoms with Crippen LogP contribution in [0.1, 0.15) is 31.9 Å². The number of carbonyl (C=O) groups excluding carboxylic acids is 2. The molecule has 0 saturated heterocycles. The average molecular weight is 555 g/mol. The summed E-state index contributed by atoms with van der Waals surface area (Å²) >= 11 is 3.41. The van der Waals surface area contributed by atoms with Gasteiger partial charge >= 0.3 is 0 Å². The van der Waals surface area contributed by atoms with Crippen molar-refractivity contribution in [3.63, 3.8) is 0 Å². The van der Waals surface area contributed by atoms with Crippen molar-refractivity contribution in [3.8, 4) is 5.75 Å². The number of benzene rings is 2. The lowest BCUT2D eigenvalue weighted by Gasteiger charge is -2.32. The van der Waals surface area contributed by atoms with Gasteiger partial charge in [0.05, 0.1) is 19.1 Å². The monoisotopic (exact) mass is 553 g/mol. The lowest BCUT2D eigenvalue weighted by Crippen LogP contribution is -2.52. The van der Waals surface area contributed by atoms with Crippen LogP contribution < -0.4 is 14.4 Å². The Morgan fingerprint density at radius 3 is 2.21 bits per heavy atom. The number of hydrogen-bond acceptors (Lipinski definition) is 5. The molecular weight excluding hydrogens is 522 g/mol. The molecule has 0 radical (unpaired) electrons. The van der Waals surface area contributed by atoms with Crippen LogP contribution in [0.25, 0.3) is 0 Å². The van der Waals surface area contributed by atoms with Crippen molar-refractivity contribution in [2.24, 2.45) is 0 Å². The molecule has 2 amide bonds. The predicted molar refractivity (Wildman–Crippen MR) is 137 cm³/mol. The SMILES string of the molecule is COc1ccc(CN(C(=O)CN(c2ccc(Br)c(C)c2)S(C)(=O)=O)[C@H](C)C(=O)NC(C)C)cc1. The number of aryl methyl sites for hydroxylation is 1. The number of anilines is 1. The number of nitrogens with zero attached hydrogens (tertiary/aromatic N) is 2. The molecule has 186 valence electrons. The fourth-order valence-electron chi connectivity index (χ4n) is 3.31. The number of carbonyl (C=O) groups is 2. The number of methoxy groups -OCH3 is 1. The first kappa shape index (κ1) is 27.7. The summed E-state index contributed by atoms with van der Waals surface area (Å²) in [6.45, 7) is 6.84. The summed E-state index contributed by atoms with van der Waals surface area (Å²) in [5.74, 6) is -0.142. The van der Waals surface area contributed by atoms with Crippen LogP contribution in [-0.4, -0.2) is 57.1 Å². The summed E-state index contributed by atoms with van der Waals surface area (Å²) in [6.07, 6.45) is 1.06. The van der Waals surface area contributed by atoms with Crippen molar-refractivity contribution >= 4 is 43.5 Å². The summed E-state index contributed by atoms with van der Waals surface area (Å²) in [6, 6.07) is 11.3. The topological polar surface area (TPSA) is 96.0 Å². The Hall–Kier alpha value is -2.59. The largest absolute Gasteiger partial charge is 0.497 e. The molecule has 1 N–H and O–H groups in total. The zero-order valence-corrected chi connectivity index (χ0v) is 22.7. The van der Waals surface area contributed by atoms with Gasteiger partial charge in [0.25, 0.3) is 0 Å². The van der Waals surface area contributed by atoms with Crippen molar-refractivity contribution in [3.05, 3.63) is 58.1 Å². The van der Waals surface area contributed by atoms with E-state index in [0.29, 0.717) is 11.4 Å². The minimum atomic E-state index is -3.77. The summed E-state index contributed by atoms with van der Waals surface area (Å²) < 4.78 is 32.3. The van der Waals surface area contributed by atoms with Crippen LogP contribution in [0, 0.1) is 6.92 Å². The highest BCUT2D eigenvalue weighted by molar-refractivity contribution is 9.10. The van der Waals surface area contributed by atoms with Crippen molar-refractivity contribution in [2.45, 2.75) is 46.3 Å². The Labute approximate surface area is 210 Å². The predicted octanol–water partition coefficient (Wildman–Crippen LogP) is 3.47. The molecule has 0 aliphatic carbocycles. The number of ether oxygens (including phenoxy) is 1. The van der Waals surface area contributed by atoms with E-state index in [4.69, 9.17) is 4.74 Å². The first-order valence-electron chi connectivity index (χ1n) is 10.8. The van der Waals surface area contributed by atoms with Gasteiger partial charge in [-0.25, -0.2) is 8.42 Å². The van der Waals surface area contributed by atoms with Crippen LogP contribution in [0.4, 0.5) is 5.69 Å². The second-order valence-electron chi connectivity index (χ2n) is 8.41. The number of halogens is 1. The van der Waals surface area contributed by atoms with Gasteiger partial charge in [-0.3, -0.25) is 13.9 Å². The third-order valence-corrected chi connectivity index (χ3v) is 7.25. The van der Waals surface area contributed by atoms with Crippen molar-refractivity contribution < 1.29 is 22.7 Å². The number of amides is 2. The first-order chi connectivity index (χ1) is 15.8. The van der Waals surface area contributed by atoms with Crippen LogP contribution in [0.5, 0.6) is 5.75 Å². The normalized spacial score (nSPS) is 12.2. The zero-order valence-electron chi connectivity index (χ0n) is 20.3. The van der Waals surface area contributed by atoms with Crippen molar-refractivity contribution in [2.75, 3.05) is 24.2 Å². The van der Waals surface area contributed by atoms with Gasteiger partial charge in [-0.2, -0.15) is 0 Å². The molecule has 0 unspecified atom stereocenters. The number of rotatable bonds is 10. The highest BCUT2D eigenvalue weighted by Crippen LogP contribution is 2.25. The lowest BCUT2D eigenvalue weighted by molar-refractivity contribution is -0.139. The molecule has 8 nitrogen and oxygen atoms in total. The smallest absolute Gasteiger partial charge is 0.244 e. The Morgan fingerprint density at radius 1 is 1.09 bits per heavy atom. The number of hydrogen-bond donors (Lipinski definition) is 1. The molecule has 2 aromatic carbocycles. The maximum absolute atomic E-state index is 13.5. The minimum Gasteiger partial charge on any atom is -0.497 e. The van der Waals surface area contributed by atoms with Gasteiger partial charge in [-0.05, 0) is 69.2 Å². The summed E-state index contributed by atoms with van der Waals surface area (Å²) in [5.41, 5.74) is 1.99. The van der Waals surface area contributed by atoms with E-state index in [1.807, 2.05) is 20.8 Å². The van der Waals surface area contributed by atoms with Gasteiger partial charge in [0.2, 0.25) is 21.8 Å². The van der Waals surface area contributed by atoms with Gasteiger partial charge in [-0.15, -0.1) is 0 Å². The third kappa shape index (κ3) is 7.46. The number of sulfonamides is 1. The molecule has 0 spiro atoms. The maximum atomic E-state index is 13.5. The van der Waals surface area contributed by atoms with Crippen LogP contribution >= 0.6 is 15.9 Å². The molecule has 0 aromatic heterocycles. The zero-order chi connectivity index (χ0) is 25.6. The highest BCUT2D eigenvalue weighted by atomic mass is 79.9. The van der Waals surface area contributed by atoms with E-state index in [-0.39, 0.29) is 18.5 Å². The van der Waals surface area contributed by atoms with Gasteiger partial charge in [0.1, 0.15) is 18.3 Å². The summed E-state index contributed by atoms with van der Waals surface area (Å²) in [7, 11) is -2.21. The van der Waals surface area contributed by atoms with Crippen molar-refractivity contribution in [1.29, 1.82) is 0 Å². The standard InChI is InChI=1S/C24H32BrN3O5S/c1-16(2)26-24(30)18(4)27(14-19-7-10-21(33-5)11-8-19)23(29)15-28(34(6,31)32)20-9-12-22(25)17(3)13-20/h7-13,16,18H,14-15H2,1-6H3,(H,26,30)/t18-/m1/s1. The molecule has 0 bridgehead atoms. The van der Waals surface area contributed by atoms with Gasteiger partial charge in [0.15, 0.2) is 0 Å². The molecular formula is C24H32BrN3O5S. The average Bonchev–Trinajstić information content (AvgIpc) is 2.76. The lowest BCUT2D eigenvalue weighted by atomic mass is 10.1. The van der Waals surface area contributed by atoms with Crippen LogP contribution in [-0.2, 0) is 26.2 Å². The fourth-order valence-corrected chi connectivity index (χ4v) is 4.40. The van der Waals surface area contributed by atoms with Gasteiger partial charge < -0.3 is 15.0 Å². The van der Waals surface area contributed by atoms with Crippen molar-refractivity contribution in [1.82, 2.24) is 10.2 Å².